The predicted octanol–water partition coefficient (Wildman–Crippen LogP) is 5.08. The second kappa shape index (κ2) is 16.0. The molecule has 1 atom stereocenters. The molecule has 0 aliphatic rings. The van der Waals surface area contributed by atoms with Gasteiger partial charge in [-0.3, -0.25) is 0 Å². The number of rotatable bonds is 15. The van der Waals surface area contributed by atoms with Crippen molar-refractivity contribution in [1.29, 1.82) is 0 Å². The predicted molar refractivity (Wildman–Crippen MR) is 83.6 cm³/mol. The summed E-state index contributed by atoms with van der Waals surface area (Å²) in [6, 6.07) is 0. The van der Waals surface area contributed by atoms with E-state index >= 15 is 0 Å². The molecule has 19 heavy (non-hydrogen) atoms. The molecule has 0 bridgehead atoms. The minimum Gasteiger partial charge on any atom is -0.393 e. The van der Waals surface area contributed by atoms with Gasteiger partial charge in [0.2, 0.25) is 0 Å². The molecule has 1 N–H and O–H groups in total. The van der Waals surface area contributed by atoms with Crippen LogP contribution in [0.2, 0.25) is 0 Å². The van der Waals surface area contributed by atoms with E-state index in [0.717, 1.165) is 26.1 Å². The van der Waals surface area contributed by atoms with Crippen molar-refractivity contribution in [1.82, 2.24) is 0 Å². The van der Waals surface area contributed by atoms with Gasteiger partial charge < -0.3 is 9.84 Å². The fraction of sp³-hybridized carbons (Fsp3) is 1.00. The van der Waals surface area contributed by atoms with Crippen molar-refractivity contribution in [3.63, 3.8) is 0 Å². The van der Waals surface area contributed by atoms with Crippen molar-refractivity contribution >= 4 is 0 Å². The number of hydrogen-bond donors (Lipinski definition) is 1. The number of hydrogen-bond acceptors (Lipinski definition) is 2. The normalized spacial score (nSPS) is 12.8. The van der Waals surface area contributed by atoms with Crippen LogP contribution in [0.4, 0.5) is 0 Å². The minimum atomic E-state index is -0.180. The van der Waals surface area contributed by atoms with Crippen LogP contribution in [0.1, 0.15) is 90.9 Å². The Bertz CT molecular complexity index is 157. The van der Waals surface area contributed by atoms with Gasteiger partial charge in [0.15, 0.2) is 0 Å². The molecule has 116 valence electrons. The molecule has 0 radical (unpaired) electrons. The van der Waals surface area contributed by atoms with E-state index in [1.54, 1.807) is 0 Å². The summed E-state index contributed by atoms with van der Waals surface area (Å²) in [6.07, 6.45) is 15.4. The molecular weight excluding hydrogens is 236 g/mol. The highest BCUT2D eigenvalue weighted by Crippen LogP contribution is 2.10. The zero-order valence-electron chi connectivity index (χ0n) is 13.3. The quantitative estimate of drug-likeness (QED) is 0.421. The minimum absolute atomic E-state index is 0.180. The van der Waals surface area contributed by atoms with Gasteiger partial charge in [0, 0.05) is 13.2 Å². The molecule has 0 aliphatic carbocycles. The Morgan fingerprint density at radius 2 is 1.21 bits per heavy atom. The number of unbranched alkanes of at least 4 members (excludes halogenated alkanes) is 9. The Labute approximate surface area is 120 Å². The second-order valence-electron chi connectivity index (χ2n) is 5.79. The fourth-order valence-electron chi connectivity index (χ4n) is 2.27. The van der Waals surface area contributed by atoms with E-state index in [0.29, 0.717) is 0 Å². The van der Waals surface area contributed by atoms with Crippen molar-refractivity contribution in [2.45, 2.75) is 97.0 Å². The summed E-state index contributed by atoms with van der Waals surface area (Å²) in [4.78, 5) is 0. The summed E-state index contributed by atoms with van der Waals surface area (Å²) in [5.41, 5.74) is 0. The highest BCUT2D eigenvalue weighted by atomic mass is 16.5. The van der Waals surface area contributed by atoms with E-state index in [-0.39, 0.29) is 6.10 Å². The smallest absolute Gasteiger partial charge is 0.0513 e. The van der Waals surface area contributed by atoms with Crippen LogP contribution in [0, 0.1) is 0 Å². The summed E-state index contributed by atoms with van der Waals surface area (Å²) in [6.45, 7) is 5.81. The van der Waals surface area contributed by atoms with E-state index in [1.165, 1.54) is 64.2 Å². The summed E-state index contributed by atoms with van der Waals surface area (Å²) in [5, 5.41) is 9.09. The van der Waals surface area contributed by atoms with Gasteiger partial charge in [-0.25, -0.2) is 0 Å². The average Bonchev–Trinajstić information content (AvgIpc) is 2.39. The Morgan fingerprint density at radius 3 is 1.74 bits per heavy atom. The van der Waals surface area contributed by atoms with Crippen molar-refractivity contribution in [2.24, 2.45) is 0 Å². The summed E-state index contributed by atoms with van der Waals surface area (Å²) >= 11 is 0. The lowest BCUT2D eigenvalue weighted by Gasteiger charge is -2.06. The van der Waals surface area contributed by atoms with Crippen LogP contribution in [0.15, 0.2) is 0 Å². The lowest BCUT2D eigenvalue weighted by molar-refractivity contribution is 0.109. The molecule has 0 saturated heterocycles. The first-order chi connectivity index (χ1) is 9.27. The molecule has 0 fully saturated rings. The van der Waals surface area contributed by atoms with Crippen molar-refractivity contribution in [3.05, 3.63) is 0 Å². The van der Waals surface area contributed by atoms with Gasteiger partial charge in [0.1, 0.15) is 0 Å². The average molecular weight is 272 g/mol. The topological polar surface area (TPSA) is 29.5 Å². The van der Waals surface area contributed by atoms with Gasteiger partial charge in [0.05, 0.1) is 6.10 Å². The van der Waals surface area contributed by atoms with Gasteiger partial charge in [-0.05, 0) is 26.2 Å². The molecular formula is C17H36O2. The molecule has 0 amide bonds. The third kappa shape index (κ3) is 17.9. The Hall–Kier alpha value is -0.0800. The second-order valence-corrected chi connectivity index (χ2v) is 5.79. The summed E-state index contributed by atoms with van der Waals surface area (Å²) in [5.74, 6) is 0. The molecule has 0 aromatic rings. The molecule has 0 heterocycles. The monoisotopic (exact) mass is 272 g/mol. The van der Waals surface area contributed by atoms with Crippen LogP contribution >= 0.6 is 0 Å². The molecule has 0 aromatic carbocycles. The zero-order chi connectivity index (χ0) is 14.2. The third-order valence-electron chi connectivity index (χ3n) is 3.55. The van der Waals surface area contributed by atoms with Crippen LogP contribution in [0.5, 0.6) is 0 Å². The first kappa shape index (κ1) is 18.9. The summed E-state index contributed by atoms with van der Waals surface area (Å²) in [7, 11) is 0. The van der Waals surface area contributed by atoms with Crippen LogP contribution in [-0.2, 0) is 4.74 Å². The Kier molecular flexibility index (Phi) is 15.9. The molecule has 0 spiro atoms. The van der Waals surface area contributed by atoms with E-state index in [9.17, 15) is 0 Å². The van der Waals surface area contributed by atoms with Crippen molar-refractivity contribution in [2.75, 3.05) is 13.2 Å². The van der Waals surface area contributed by atoms with E-state index in [4.69, 9.17) is 9.84 Å². The molecule has 1 unspecified atom stereocenters. The molecule has 0 rings (SSSR count). The maximum atomic E-state index is 9.09. The molecule has 0 saturated carbocycles. The molecule has 2 heteroatoms. The Morgan fingerprint density at radius 1 is 0.737 bits per heavy atom. The van der Waals surface area contributed by atoms with Gasteiger partial charge in [-0.15, -0.1) is 0 Å². The largest absolute Gasteiger partial charge is 0.393 e. The summed E-state index contributed by atoms with van der Waals surface area (Å²) < 4.78 is 5.54. The SMILES string of the molecule is CCCCCCCCCCCCOCCCC(C)O. The first-order valence-corrected chi connectivity index (χ1v) is 8.53. The van der Waals surface area contributed by atoms with Crippen LogP contribution in [0.25, 0.3) is 0 Å². The van der Waals surface area contributed by atoms with Gasteiger partial charge >= 0.3 is 0 Å². The van der Waals surface area contributed by atoms with Crippen molar-refractivity contribution in [3.8, 4) is 0 Å². The van der Waals surface area contributed by atoms with Gasteiger partial charge in [-0.1, -0.05) is 64.7 Å². The third-order valence-corrected chi connectivity index (χ3v) is 3.55. The highest BCUT2D eigenvalue weighted by Gasteiger charge is 1.96. The molecule has 0 aromatic heterocycles. The van der Waals surface area contributed by atoms with E-state index < -0.39 is 0 Å². The van der Waals surface area contributed by atoms with Crippen LogP contribution in [0.3, 0.4) is 0 Å². The first-order valence-electron chi connectivity index (χ1n) is 8.53. The van der Waals surface area contributed by atoms with Crippen LogP contribution in [-0.4, -0.2) is 24.4 Å². The number of aliphatic hydroxyl groups excluding tert-OH is 1. The van der Waals surface area contributed by atoms with E-state index in [1.807, 2.05) is 6.92 Å². The standard InChI is InChI=1S/C17H36O2/c1-3-4-5-6-7-8-9-10-11-12-15-19-16-13-14-17(2)18/h17-18H,3-16H2,1-2H3. The number of ether oxygens (including phenoxy) is 1. The van der Waals surface area contributed by atoms with Crippen molar-refractivity contribution < 1.29 is 9.84 Å². The highest BCUT2D eigenvalue weighted by molar-refractivity contribution is 4.48. The van der Waals surface area contributed by atoms with Gasteiger partial charge in [-0.2, -0.15) is 0 Å². The maximum Gasteiger partial charge on any atom is 0.0513 e. The molecule has 0 aliphatic heterocycles. The Balaban J connectivity index is 2.91. The van der Waals surface area contributed by atoms with E-state index in [2.05, 4.69) is 6.92 Å². The molecule has 2 nitrogen and oxygen atoms in total. The maximum absolute atomic E-state index is 9.09. The van der Waals surface area contributed by atoms with Crippen LogP contribution < -0.4 is 0 Å². The lowest BCUT2D eigenvalue weighted by Crippen LogP contribution is -2.03. The lowest BCUT2D eigenvalue weighted by atomic mass is 10.1. The fourth-order valence-corrected chi connectivity index (χ4v) is 2.27. The van der Waals surface area contributed by atoms with Gasteiger partial charge in [0.25, 0.3) is 0 Å². The zero-order valence-corrected chi connectivity index (χ0v) is 13.3. The number of aliphatic hydroxyl groups is 1.